The Labute approximate surface area is 323 Å². The Hall–Kier alpha value is -5.22. The van der Waals surface area contributed by atoms with Crippen LogP contribution in [0, 0.1) is 19.4 Å². The van der Waals surface area contributed by atoms with Crippen molar-refractivity contribution in [3.8, 4) is 5.75 Å². The van der Waals surface area contributed by atoms with E-state index in [-0.39, 0.29) is 55.0 Å². The summed E-state index contributed by atoms with van der Waals surface area (Å²) in [4.78, 5) is 61.6. The molecule has 0 aliphatic carbocycles. The number of carbonyl (C=O) groups is 2. The maximum absolute atomic E-state index is 13.6. The number of aliphatic hydroxyl groups is 3. The molecule has 0 unspecified atom stereocenters. The van der Waals surface area contributed by atoms with Crippen molar-refractivity contribution < 1.29 is 48.7 Å². The molecule has 19 heteroatoms. The number of carbonyl (C=O) groups excluding carboxylic acids is 4. The van der Waals surface area contributed by atoms with E-state index in [1.807, 2.05) is 31.0 Å². The number of ether oxygens (including phenoxy) is 3. The van der Waals surface area contributed by atoms with Crippen molar-refractivity contribution in [1.82, 2.24) is 29.2 Å². The lowest BCUT2D eigenvalue weighted by molar-refractivity contribution is -0.242. The number of benzene rings is 1. The van der Waals surface area contributed by atoms with Crippen molar-refractivity contribution >= 4 is 52.3 Å². The third-order valence-corrected chi connectivity index (χ3v) is 10.1. The molecule has 2 aliphatic rings. The van der Waals surface area contributed by atoms with Gasteiger partial charge in [0.1, 0.15) is 42.8 Å². The molecule has 55 heavy (non-hydrogen) atoms. The number of nitrogens with zero attached hydrogens (tertiary/aromatic N) is 8. The molecule has 2 amide bonds. The van der Waals surface area contributed by atoms with E-state index in [0.29, 0.717) is 48.8 Å². The zero-order valence-corrected chi connectivity index (χ0v) is 32.1. The van der Waals surface area contributed by atoms with E-state index in [9.17, 15) is 24.9 Å². The van der Waals surface area contributed by atoms with Crippen LogP contribution in [0.3, 0.4) is 0 Å². The van der Waals surface area contributed by atoms with E-state index in [4.69, 9.17) is 42.6 Å². The first-order valence-electron chi connectivity index (χ1n) is 17.4. The number of likely N-dealkylation sites (N-methyl/N-ethyl adjacent to an activating group) is 3. The van der Waals surface area contributed by atoms with Crippen LogP contribution in [0.1, 0.15) is 24.5 Å². The third kappa shape index (κ3) is 10.3. The minimum Gasteiger partial charge on any atom is -0.466 e. The van der Waals surface area contributed by atoms with Crippen LogP contribution in [0.5, 0.6) is 5.75 Å². The topological polar surface area (TPSA) is 205 Å². The molecule has 2 aliphatic heterocycles. The third-order valence-electron chi connectivity index (χ3n) is 9.69. The first kappa shape index (κ1) is 42.5. The summed E-state index contributed by atoms with van der Waals surface area (Å²) < 4.78 is 18.4. The van der Waals surface area contributed by atoms with Gasteiger partial charge in [0.25, 0.3) is 11.7 Å². The molecule has 2 saturated heterocycles. The number of likely N-dealkylation sites (tertiary alicyclic amines) is 1. The second-order valence-electron chi connectivity index (χ2n) is 13.5. The molecule has 0 saturated carbocycles. The fourth-order valence-corrected chi connectivity index (χ4v) is 6.50. The van der Waals surface area contributed by atoms with Gasteiger partial charge in [-0.3, -0.25) is 9.36 Å². The van der Waals surface area contributed by atoms with Crippen LogP contribution in [0.4, 0.5) is 10.6 Å². The number of hydrogen-bond acceptors (Lipinski definition) is 14. The zero-order chi connectivity index (χ0) is 40.4. The summed E-state index contributed by atoms with van der Waals surface area (Å²) in [6.45, 7) is 12.8. The SMILES string of the molecule is O=C=O.[C-]#[N+]CC(=O)N1CC[C@@H](C)[C@@H](N(C)c2ncnc3c2ccn3C(=O)N(C)CCN(C)C(=S)OCc2ccc(O[C@@H]3OC[C@@H](O)[C@H](O)[C@H]3O)c(C)c2)C1. The lowest BCUT2D eigenvalue weighted by Crippen LogP contribution is -2.54. The Morgan fingerprint density at radius 3 is 2.51 bits per heavy atom. The number of aliphatic hydroxyl groups excluding tert-OH is 3. The van der Waals surface area contributed by atoms with Gasteiger partial charge in [0, 0.05) is 53.5 Å². The number of aromatic nitrogens is 3. The molecule has 4 heterocycles. The van der Waals surface area contributed by atoms with Gasteiger partial charge in [0.2, 0.25) is 6.29 Å². The lowest BCUT2D eigenvalue weighted by atomic mass is 9.92. The van der Waals surface area contributed by atoms with E-state index in [1.54, 1.807) is 47.1 Å². The maximum atomic E-state index is 13.6. The normalized spacial score (nSPS) is 22.0. The number of thiocarbonyl (C=S) groups is 1. The molecule has 3 N–H and O–H groups in total. The molecule has 296 valence electrons. The van der Waals surface area contributed by atoms with Gasteiger partial charge in [-0.1, -0.05) is 13.0 Å². The number of piperidine rings is 1. The summed E-state index contributed by atoms with van der Waals surface area (Å²) in [6.07, 6.45) is -0.890. The monoisotopic (exact) mass is 782 g/mol. The highest BCUT2D eigenvalue weighted by atomic mass is 32.1. The zero-order valence-electron chi connectivity index (χ0n) is 31.3. The number of anilines is 1. The van der Waals surface area contributed by atoms with Gasteiger partial charge in [0.05, 0.1) is 18.0 Å². The summed E-state index contributed by atoms with van der Waals surface area (Å²) in [5, 5.41) is 30.7. The number of aryl methyl sites for hydroxylation is 1. The van der Waals surface area contributed by atoms with Crippen molar-refractivity contribution in [2.45, 2.75) is 57.5 Å². The smallest absolute Gasteiger partial charge is 0.373 e. The molecule has 6 atom stereocenters. The Kier molecular flexibility index (Phi) is 15.0. The molecule has 0 bridgehead atoms. The van der Waals surface area contributed by atoms with Crippen LogP contribution >= 0.6 is 12.2 Å². The van der Waals surface area contributed by atoms with Crippen molar-refractivity contribution in [2.75, 3.05) is 65.4 Å². The Morgan fingerprint density at radius 1 is 1.11 bits per heavy atom. The molecular weight excluding hydrogens is 737 g/mol. The summed E-state index contributed by atoms with van der Waals surface area (Å²) in [5.74, 6) is 1.22. The quantitative estimate of drug-likeness (QED) is 0.193. The number of hydrogen-bond donors (Lipinski definition) is 3. The Bertz CT molecular complexity index is 1900. The van der Waals surface area contributed by atoms with Crippen molar-refractivity contribution in [3.05, 3.63) is 59.3 Å². The molecule has 3 aromatic rings. The fourth-order valence-electron chi connectivity index (χ4n) is 6.35. The molecule has 5 rings (SSSR count). The summed E-state index contributed by atoms with van der Waals surface area (Å²) in [6, 6.07) is 6.86. The van der Waals surface area contributed by atoms with E-state index in [0.717, 1.165) is 17.5 Å². The van der Waals surface area contributed by atoms with E-state index in [1.165, 1.54) is 10.9 Å². The van der Waals surface area contributed by atoms with Crippen molar-refractivity contribution in [1.29, 1.82) is 0 Å². The van der Waals surface area contributed by atoms with E-state index >= 15 is 0 Å². The predicted octanol–water partition coefficient (Wildman–Crippen LogP) is 0.900. The molecule has 0 radical (unpaired) electrons. The highest BCUT2D eigenvalue weighted by Gasteiger charge is 2.39. The van der Waals surface area contributed by atoms with Gasteiger partial charge in [-0.25, -0.2) is 21.3 Å². The molecule has 0 spiro atoms. The molecule has 2 fully saturated rings. The molecule has 1 aromatic carbocycles. The standard InChI is InChI=1S/C35H46N8O8S.CO2/c1-21-9-11-42(28(45)16-36-3)17-25(21)41(6)31-24-10-12-43(32(24)38-20-37-31)34(48)39(4)13-14-40(5)35(52)50-18-23-7-8-27(22(2)15-23)51-33-30(47)29(46)26(44)19-49-33;2-1-3/h7-8,10,12,15,20-21,25-26,29-30,33,44,46-47H,9,11,13-14,16-19H2,1-2,4-6H3;/t21-,25+,26-,29+,30-,33+;/m1./s1. The minimum absolute atomic E-state index is 0.0222. The Balaban J connectivity index is 0.00000217. The highest BCUT2D eigenvalue weighted by molar-refractivity contribution is 7.80. The van der Waals surface area contributed by atoms with E-state index < -0.39 is 24.6 Å². The van der Waals surface area contributed by atoms with Crippen LogP contribution in [0.25, 0.3) is 15.9 Å². The minimum atomic E-state index is -1.40. The number of amides is 2. The van der Waals surface area contributed by atoms with Gasteiger partial charge in [0.15, 0.2) is 5.65 Å². The van der Waals surface area contributed by atoms with Gasteiger partial charge in [-0.2, -0.15) is 9.59 Å². The van der Waals surface area contributed by atoms with Crippen LogP contribution in [0.2, 0.25) is 0 Å². The Morgan fingerprint density at radius 2 is 1.82 bits per heavy atom. The molecule has 18 nitrogen and oxygen atoms in total. The first-order chi connectivity index (χ1) is 26.2. The maximum Gasteiger partial charge on any atom is 0.373 e. The number of fused-ring (bicyclic) bond motifs is 1. The van der Waals surface area contributed by atoms with Gasteiger partial charge < -0.3 is 54.0 Å². The number of rotatable bonds is 10. The summed E-state index contributed by atoms with van der Waals surface area (Å²) in [5.41, 5.74) is 2.04. The average Bonchev–Trinajstić information content (AvgIpc) is 3.61. The fraction of sp³-hybridized carbons (Fsp3) is 0.528. The average molecular weight is 783 g/mol. The first-order valence-corrected chi connectivity index (χ1v) is 17.8. The second-order valence-corrected chi connectivity index (χ2v) is 13.8. The second kappa shape index (κ2) is 19.4. The van der Waals surface area contributed by atoms with Crippen LogP contribution in [-0.4, -0.2) is 159 Å². The van der Waals surface area contributed by atoms with E-state index in [2.05, 4.69) is 21.7 Å². The van der Waals surface area contributed by atoms with Crippen molar-refractivity contribution in [3.63, 3.8) is 0 Å². The van der Waals surface area contributed by atoms with Crippen LogP contribution in [0.15, 0.2) is 36.8 Å². The van der Waals surface area contributed by atoms with Crippen LogP contribution < -0.4 is 9.64 Å². The summed E-state index contributed by atoms with van der Waals surface area (Å²) in [7, 11) is 5.42. The van der Waals surface area contributed by atoms with Gasteiger partial charge >= 0.3 is 18.1 Å². The lowest BCUT2D eigenvalue weighted by Gasteiger charge is -2.41. The predicted molar refractivity (Wildman–Crippen MR) is 200 cm³/mol. The van der Waals surface area contributed by atoms with Gasteiger partial charge in [-0.05, 0) is 60.8 Å². The van der Waals surface area contributed by atoms with Crippen molar-refractivity contribution in [2.24, 2.45) is 5.92 Å². The highest BCUT2D eigenvalue weighted by Crippen LogP contribution is 2.30. The molecular formula is C36H46N8O10S. The van der Waals surface area contributed by atoms with Crippen LogP contribution in [-0.2, 0) is 30.5 Å². The largest absolute Gasteiger partial charge is 0.466 e. The summed E-state index contributed by atoms with van der Waals surface area (Å²) >= 11 is 5.50. The van der Waals surface area contributed by atoms with Gasteiger partial charge in [-0.15, -0.1) is 0 Å². The molecule has 2 aromatic heterocycles.